The first-order chi connectivity index (χ1) is 13.5. The van der Waals surface area contributed by atoms with Gasteiger partial charge in [-0.15, -0.1) is 0 Å². The van der Waals surface area contributed by atoms with Crippen molar-refractivity contribution in [3.05, 3.63) is 52.9 Å². The minimum Gasteiger partial charge on any atom is -0.508 e. The summed E-state index contributed by atoms with van der Waals surface area (Å²) in [6.45, 7) is 8.91. The van der Waals surface area contributed by atoms with E-state index in [1.807, 2.05) is 25.1 Å². The summed E-state index contributed by atoms with van der Waals surface area (Å²) in [4.78, 5) is 2.36. The molecule has 2 fully saturated rings. The first-order valence-electron chi connectivity index (χ1n) is 10.5. The van der Waals surface area contributed by atoms with Crippen LogP contribution in [0.2, 0.25) is 0 Å². The van der Waals surface area contributed by atoms with Gasteiger partial charge in [-0.2, -0.15) is 0 Å². The highest BCUT2D eigenvalue weighted by Crippen LogP contribution is 2.38. The highest BCUT2D eigenvalue weighted by Gasteiger charge is 2.37. The van der Waals surface area contributed by atoms with Crippen LogP contribution in [0.15, 0.2) is 41.8 Å². The Morgan fingerprint density at radius 3 is 2.64 bits per heavy atom. The van der Waals surface area contributed by atoms with Crippen molar-refractivity contribution < 1.29 is 9.50 Å². The van der Waals surface area contributed by atoms with Gasteiger partial charge in [0, 0.05) is 55.9 Å². The molecule has 3 N–H and O–H groups in total. The lowest BCUT2D eigenvalue weighted by Crippen LogP contribution is -2.44. The molecule has 1 aromatic rings. The first kappa shape index (κ1) is 21.0. The third-order valence-corrected chi connectivity index (χ3v) is 6.06. The fourth-order valence-electron chi connectivity index (χ4n) is 4.55. The second-order valence-corrected chi connectivity index (χ2v) is 8.08. The van der Waals surface area contributed by atoms with Gasteiger partial charge in [0.15, 0.2) is 0 Å². The molecule has 0 spiro atoms. The van der Waals surface area contributed by atoms with E-state index in [1.165, 1.54) is 0 Å². The normalized spacial score (nSPS) is 21.2. The summed E-state index contributed by atoms with van der Waals surface area (Å²) >= 11 is 0. The molecule has 1 aliphatic carbocycles. The van der Waals surface area contributed by atoms with E-state index >= 15 is 0 Å². The highest BCUT2D eigenvalue weighted by molar-refractivity contribution is 5.38. The molecular weight excluding hydrogens is 353 g/mol. The zero-order chi connectivity index (χ0) is 20.0. The van der Waals surface area contributed by atoms with Gasteiger partial charge in [-0.05, 0) is 44.4 Å². The van der Waals surface area contributed by atoms with E-state index in [0.717, 1.165) is 75.1 Å². The molecule has 5 heteroatoms. The standard InChI is InChI=1S/C23H34FN3O/c1-3-6-21(18(2)24)23(9-4-5-10-23)26-16-19-7-8-22(28)20(15-19)17-27-13-11-25-12-14-27/h3,6-8,15,25-26,28H,4-5,9-14,16-17H2,1-2H3/b6-3-,21-18-. The Labute approximate surface area is 168 Å². The van der Waals surface area contributed by atoms with Crippen molar-refractivity contribution in [2.24, 2.45) is 0 Å². The molecule has 0 atom stereocenters. The molecule has 1 aliphatic heterocycles. The maximum Gasteiger partial charge on any atom is 0.120 e. The van der Waals surface area contributed by atoms with E-state index in [-0.39, 0.29) is 11.4 Å². The molecule has 4 nitrogen and oxygen atoms in total. The van der Waals surface area contributed by atoms with Gasteiger partial charge in [-0.3, -0.25) is 4.90 Å². The topological polar surface area (TPSA) is 47.5 Å². The van der Waals surface area contributed by atoms with Crippen LogP contribution in [-0.2, 0) is 13.1 Å². The van der Waals surface area contributed by atoms with Crippen molar-refractivity contribution in [3.63, 3.8) is 0 Å². The van der Waals surface area contributed by atoms with Crippen LogP contribution >= 0.6 is 0 Å². The Kier molecular flexibility index (Phi) is 7.27. The highest BCUT2D eigenvalue weighted by atomic mass is 19.1. The average Bonchev–Trinajstić information content (AvgIpc) is 3.17. The minimum atomic E-state index is -0.290. The number of hydrogen-bond donors (Lipinski definition) is 3. The summed E-state index contributed by atoms with van der Waals surface area (Å²) in [6.07, 6.45) is 7.99. The second kappa shape index (κ2) is 9.68. The van der Waals surface area contributed by atoms with Gasteiger partial charge in [-0.1, -0.05) is 31.1 Å². The second-order valence-electron chi connectivity index (χ2n) is 8.08. The largest absolute Gasteiger partial charge is 0.508 e. The van der Waals surface area contributed by atoms with Crippen LogP contribution in [0.3, 0.4) is 0 Å². The lowest BCUT2D eigenvalue weighted by atomic mass is 9.86. The number of allylic oxidation sites excluding steroid dienone is 2. The predicted octanol–water partition coefficient (Wildman–Crippen LogP) is 4.02. The van der Waals surface area contributed by atoms with Gasteiger partial charge in [0.05, 0.1) is 0 Å². The summed E-state index contributed by atoms with van der Waals surface area (Å²) in [6, 6.07) is 5.85. The number of phenolic OH excluding ortho intramolecular Hbond substituents is 1. The molecular formula is C23H34FN3O. The fraction of sp³-hybridized carbons (Fsp3) is 0.565. The van der Waals surface area contributed by atoms with Gasteiger partial charge in [0.25, 0.3) is 0 Å². The van der Waals surface area contributed by atoms with E-state index in [0.29, 0.717) is 12.3 Å². The zero-order valence-corrected chi connectivity index (χ0v) is 17.2. The summed E-state index contributed by atoms with van der Waals surface area (Å²) in [5.41, 5.74) is 2.59. The fourth-order valence-corrected chi connectivity index (χ4v) is 4.55. The summed E-state index contributed by atoms with van der Waals surface area (Å²) in [5.74, 6) is 0.254. The van der Waals surface area contributed by atoms with E-state index in [4.69, 9.17) is 0 Å². The Bertz CT molecular complexity index is 713. The number of aromatic hydroxyl groups is 1. The van der Waals surface area contributed by atoms with Crippen molar-refractivity contribution in [3.8, 4) is 5.75 Å². The number of halogens is 1. The molecule has 0 radical (unpaired) electrons. The maximum absolute atomic E-state index is 14.3. The lowest BCUT2D eigenvalue weighted by Gasteiger charge is -2.33. The molecule has 1 saturated heterocycles. The molecule has 1 saturated carbocycles. The predicted molar refractivity (Wildman–Crippen MR) is 113 cm³/mol. The molecule has 1 heterocycles. The van der Waals surface area contributed by atoms with Crippen molar-refractivity contribution in [2.45, 2.75) is 58.2 Å². The number of rotatable bonds is 7. The summed E-state index contributed by atoms with van der Waals surface area (Å²) in [7, 11) is 0. The number of nitrogens with zero attached hydrogens (tertiary/aromatic N) is 1. The van der Waals surface area contributed by atoms with Crippen LogP contribution in [0.25, 0.3) is 0 Å². The van der Waals surface area contributed by atoms with Crippen LogP contribution in [0, 0.1) is 0 Å². The van der Waals surface area contributed by atoms with E-state index < -0.39 is 0 Å². The molecule has 0 bridgehead atoms. The first-order valence-corrected chi connectivity index (χ1v) is 10.5. The Hall–Kier alpha value is -1.69. The van der Waals surface area contributed by atoms with Crippen molar-refractivity contribution in [2.75, 3.05) is 26.2 Å². The Morgan fingerprint density at radius 1 is 1.29 bits per heavy atom. The third-order valence-electron chi connectivity index (χ3n) is 6.06. The van der Waals surface area contributed by atoms with Gasteiger partial charge < -0.3 is 15.7 Å². The number of nitrogens with one attached hydrogen (secondary N) is 2. The lowest BCUT2D eigenvalue weighted by molar-refractivity contribution is 0.230. The van der Waals surface area contributed by atoms with Crippen LogP contribution < -0.4 is 10.6 Å². The SMILES string of the molecule is C/C=C\C(=C(/C)F)C1(NCc2ccc(O)c(CN3CCNCC3)c2)CCCC1. The number of benzene rings is 1. The van der Waals surface area contributed by atoms with Crippen molar-refractivity contribution in [1.29, 1.82) is 0 Å². The summed E-state index contributed by atoms with van der Waals surface area (Å²) < 4.78 is 14.3. The molecule has 28 heavy (non-hydrogen) atoms. The zero-order valence-electron chi connectivity index (χ0n) is 17.2. The molecule has 2 aliphatic rings. The summed E-state index contributed by atoms with van der Waals surface area (Å²) in [5, 5.41) is 17.3. The van der Waals surface area contributed by atoms with Crippen LogP contribution in [-0.4, -0.2) is 41.7 Å². The van der Waals surface area contributed by atoms with Gasteiger partial charge in [-0.25, -0.2) is 4.39 Å². The quantitative estimate of drug-likeness (QED) is 0.619. The molecule has 0 aromatic heterocycles. The number of phenols is 1. The van der Waals surface area contributed by atoms with Crippen molar-refractivity contribution in [1.82, 2.24) is 15.5 Å². The average molecular weight is 388 g/mol. The molecule has 3 rings (SSSR count). The Balaban J connectivity index is 1.73. The molecule has 154 valence electrons. The monoisotopic (exact) mass is 387 g/mol. The van der Waals surface area contributed by atoms with E-state index in [9.17, 15) is 9.50 Å². The maximum atomic E-state index is 14.3. The van der Waals surface area contributed by atoms with Gasteiger partial charge >= 0.3 is 0 Å². The van der Waals surface area contributed by atoms with Crippen LogP contribution in [0.4, 0.5) is 4.39 Å². The molecule has 1 aromatic carbocycles. The van der Waals surface area contributed by atoms with E-state index in [1.54, 1.807) is 13.0 Å². The van der Waals surface area contributed by atoms with Gasteiger partial charge in [0.2, 0.25) is 0 Å². The minimum absolute atomic E-state index is 0.0994. The smallest absolute Gasteiger partial charge is 0.120 e. The Morgan fingerprint density at radius 2 is 2.00 bits per heavy atom. The van der Waals surface area contributed by atoms with Gasteiger partial charge in [0.1, 0.15) is 11.6 Å². The number of hydrogen-bond acceptors (Lipinski definition) is 4. The number of piperazine rings is 1. The van der Waals surface area contributed by atoms with E-state index in [2.05, 4.69) is 21.6 Å². The molecule has 0 amide bonds. The third kappa shape index (κ3) is 5.02. The van der Waals surface area contributed by atoms with Crippen molar-refractivity contribution >= 4 is 0 Å². The molecule has 0 unspecified atom stereocenters. The van der Waals surface area contributed by atoms with Crippen LogP contribution in [0.5, 0.6) is 5.75 Å². The van der Waals surface area contributed by atoms with Crippen LogP contribution in [0.1, 0.15) is 50.7 Å².